The maximum atomic E-state index is 11.7. The van der Waals surface area contributed by atoms with E-state index >= 15 is 0 Å². The molecule has 0 radical (unpaired) electrons. The van der Waals surface area contributed by atoms with E-state index in [0.29, 0.717) is 13.0 Å². The third-order valence-electron chi connectivity index (χ3n) is 2.24. The molecule has 0 aliphatic carbocycles. The molecule has 17 heavy (non-hydrogen) atoms. The van der Waals surface area contributed by atoms with E-state index in [2.05, 4.69) is 9.97 Å². The summed E-state index contributed by atoms with van der Waals surface area (Å²) in [5.74, 6) is -0.381. The highest BCUT2D eigenvalue weighted by Gasteiger charge is 2.19. The number of aromatic nitrogens is 2. The summed E-state index contributed by atoms with van der Waals surface area (Å²) in [6.07, 6.45) is 3.46. The summed E-state index contributed by atoms with van der Waals surface area (Å²) in [4.78, 5) is 20.4. The summed E-state index contributed by atoms with van der Waals surface area (Å²) in [5, 5.41) is 0. The van der Waals surface area contributed by atoms with Gasteiger partial charge in [0, 0.05) is 24.9 Å². The number of hydrogen-bond donors (Lipinski definition) is 2. The number of imidazole rings is 1. The number of aromatic amines is 1. The Bertz CT molecular complexity index is 337. The van der Waals surface area contributed by atoms with Crippen molar-refractivity contribution in [2.45, 2.75) is 25.5 Å². The zero-order valence-corrected chi connectivity index (χ0v) is 10.5. The Morgan fingerprint density at radius 1 is 1.65 bits per heavy atom. The lowest BCUT2D eigenvalue weighted by molar-refractivity contribution is -0.150. The molecule has 1 heterocycles. The normalized spacial score (nSPS) is 14.6. The molecule has 0 aliphatic rings. The van der Waals surface area contributed by atoms with Crippen molar-refractivity contribution in [2.75, 3.05) is 20.6 Å². The van der Waals surface area contributed by atoms with Crippen LogP contribution < -0.4 is 5.73 Å². The number of esters is 1. The molecule has 0 saturated heterocycles. The van der Waals surface area contributed by atoms with E-state index in [9.17, 15) is 4.79 Å². The van der Waals surface area contributed by atoms with Gasteiger partial charge in [0.15, 0.2) is 0 Å². The van der Waals surface area contributed by atoms with E-state index in [0.717, 1.165) is 5.69 Å². The third kappa shape index (κ3) is 4.97. The van der Waals surface area contributed by atoms with E-state index < -0.39 is 6.04 Å². The van der Waals surface area contributed by atoms with Gasteiger partial charge in [-0.3, -0.25) is 4.79 Å². The lowest BCUT2D eigenvalue weighted by atomic mass is 10.2. The van der Waals surface area contributed by atoms with Gasteiger partial charge >= 0.3 is 5.97 Å². The number of carbonyl (C=O) groups excluding carboxylic acids is 1. The minimum absolute atomic E-state index is 0.162. The molecule has 0 bridgehead atoms. The van der Waals surface area contributed by atoms with Gasteiger partial charge in [-0.25, -0.2) is 4.98 Å². The van der Waals surface area contributed by atoms with Crippen molar-refractivity contribution in [3.63, 3.8) is 0 Å². The average Bonchev–Trinajstić information content (AvgIpc) is 2.68. The summed E-state index contributed by atoms with van der Waals surface area (Å²) in [6, 6.07) is -0.653. The Kier molecular flexibility index (Phi) is 5.11. The van der Waals surface area contributed by atoms with E-state index in [1.807, 2.05) is 25.9 Å². The first kappa shape index (κ1) is 13.7. The van der Waals surface area contributed by atoms with Crippen molar-refractivity contribution >= 4 is 5.97 Å². The predicted molar refractivity (Wildman–Crippen MR) is 64.4 cm³/mol. The predicted octanol–water partition coefficient (Wildman–Crippen LogP) is -0.227. The van der Waals surface area contributed by atoms with Crippen LogP contribution in [0.2, 0.25) is 0 Å². The smallest absolute Gasteiger partial charge is 0.323 e. The number of rotatable bonds is 6. The molecule has 2 atom stereocenters. The Morgan fingerprint density at radius 2 is 2.35 bits per heavy atom. The highest BCUT2D eigenvalue weighted by Crippen LogP contribution is 2.01. The molecule has 0 fully saturated rings. The van der Waals surface area contributed by atoms with Crippen molar-refractivity contribution in [2.24, 2.45) is 5.73 Å². The molecule has 1 unspecified atom stereocenters. The first-order valence-corrected chi connectivity index (χ1v) is 5.57. The molecular weight excluding hydrogens is 220 g/mol. The van der Waals surface area contributed by atoms with Crippen molar-refractivity contribution in [1.29, 1.82) is 0 Å². The van der Waals surface area contributed by atoms with E-state index in [4.69, 9.17) is 10.5 Å². The van der Waals surface area contributed by atoms with Gasteiger partial charge < -0.3 is 20.4 Å². The lowest BCUT2D eigenvalue weighted by Crippen LogP contribution is -2.38. The van der Waals surface area contributed by atoms with Gasteiger partial charge in [0.25, 0.3) is 0 Å². The average molecular weight is 240 g/mol. The quantitative estimate of drug-likeness (QED) is 0.671. The number of hydrogen-bond acceptors (Lipinski definition) is 5. The third-order valence-corrected chi connectivity index (χ3v) is 2.24. The molecule has 6 nitrogen and oxygen atoms in total. The van der Waals surface area contributed by atoms with Crippen molar-refractivity contribution < 1.29 is 9.53 Å². The number of nitrogens with one attached hydrogen (secondary N) is 1. The second-order valence-electron chi connectivity index (χ2n) is 4.40. The summed E-state index contributed by atoms with van der Waals surface area (Å²) in [5.41, 5.74) is 6.58. The summed E-state index contributed by atoms with van der Waals surface area (Å²) >= 11 is 0. The van der Waals surface area contributed by atoms with Gasteiger partial charge in [-0.15, -0.1) is 0 Å². The fourth-order valence-electron chi connectivity index (χ4n) is 1.55. The molecule has 3 N–H and O–H groups in total. The molecule has 6 heteroatoms. The summed E-state index contributed by atoms with van der Waals surface area (Å²) < 4.78 is 5.23. The van der Waals surface area contributed by atoms with E-state index in [-0.39, 0.29) is 12.1 Å². The van der Waals surface area contributed by atoms with Crippen molar-refractivity contribution in [3.05, 3.63) is 18.2 Å². The van der Waals surface area contributed by atoms with Gasteiger partial charge in [-0.2, -0.15) is 0 Å². The zero-order chi connectivity index (χ0) is 12.8. The molecule has 0 aliphatic heterocycles. The maximum Gasteiger partial charge on any atom is 0.323 e. The number of H-pyrrole nitrogens is 1. The summed E-state index contributed by atoms with van der Waals surface area (Å²) in [7, 11) is 3.85. The van der Waals surface area contributed by atoms with E-state index in [1.165, 1.54) is 0 Å². The van der Waals surface area contributed by atoms with Crippen LogP contribution in [0.4, 0.5) is 0 Å². The molecule has 0 aromatic carbocycles. The number of carbonyl (C=O) groups is 1. The van der Waals surface area contributed by atoms with Crippen LogP contribution in [0.5, 0.6) is 0 Å². The molecule has 0 saturated carbocycles. The Morgan fingerprint density at radius 3 is 2.88 bits per heavy atom. The van der Waals surface area contributed by atoms with Crippen LogP contribution in [0.15, 0.2) is 12.5 Å². The number of ether oxygens (including phenoxy) is 1. The molecule has 0 amide bonds. The molecular formula is C11H20N4O2. The van der Waals surface area contributed by atoms with Gasteiger partial charge in [0.2, 0.25) is 0 Å². The molecule has 1 aromatic rings. The first-order valence-electron chi connectivity index (χ1n) is 5.57. The van der Waals surface area contributed by atoms with Crippen LogP contribution in [0.25, 0.3) is 0 Å². The number of nitrogens with two attached hydrogens (primary N) is 1. The van der Waals surface area contributed by atoms with Crippen LogP contribution in [0, 0.1) is 0 Å². The van der Waals surface area contributed by atoms with Crippen LogP contribution in [0.1, 0.15) is 12.6 Å². The van der Waals surface area contributed by atoms with Gasteiger partial charge in [0.05, 0.1) is 6.33 Å². The fourth-order valence-corrected chi connectivity index (χ4v) is 1.55. The second-order valence-corrected chi connectivity index (χ2v) is 4.40. The minimum atomic E-state index is -0.653. The van der Waals surface area contributed by atoms with Crippen LogP contribution in [-0.4, -0.2) is 53.6 Å². The van der Waals surface area contributed by atoms with Gasteiger partial charge in [0.1, 0.15) is 12.1 Å². The van der Waals surface area contributed by atoms with Crippen molar-refractivity contribution in [1.82, 2.24) is 14.9 Å². The van der Waals surface area contributed by atoms with Gasteiger partial charge in [-0.1, -0.05) is 0 Å². The van der Waals surface area contributed by atoms with Crippen LogP contribution >= 0.6 is 0 Å². The fraction of sp³-hybridized carbons (Fsp3) is 0.636. The van der Waals surface area contributed by atoms with Crippen LogP contribution in [-0.2, 0) is 16.0 Å². The highest BCUT2D eigenvalue weighted by atomic mass is 16.5. The standard InChI is InChI=1S/C11H20N4O2/c1-8(6-15(2)3)17-11(16)10(12)4-9-5-13-7-14-9/h5,7-8,10H,4,6,12H2,1-3H3,(H,13,14)/t8?,10-/m1/s1. The zero-order valence-electron chi connectivity index (χ0n) is 10.5. The first-order chi connectivity index (χ1) is 7.99. The molecule has 0 spiro atoms. The maximum absolute atomic E-state index is 11.7. The number of nitrogens with zero attached hydrogens (tertiary/aromatic N) is 2. The van der Waals surface area contributed by atoms with Gasteiger partial charge in [-0.05, 0) is 21.0 Å². The Labute approximate surface area is 101 Å². The monoisotopic (exact) mass is 240 g/mol. The Balaban J connectivity index is 2.36. The number of likely N-dealkylation sites (N-methyl/N-ethyl adjacent to an activating group) is 1. The molecule has 1 rings (SSSR count). The topological polar surface area (TPSA) is 84.2 Å². The van der Waals surface area contributed by atoms with Crippen molar-refractivity contribution in [3.8, 4) is 0 Å². The lowest BCUT2D eigenvalue weighted by Gasteiger charge is -2.19. The minimum Gasteiger partial charge on any atom is -0.460 e. The summed E-state index contributed by atoms with van der Waals surface area (Å²) in [6.45, 7) is 2.53. The van der Waals surface area contributed by atoms with E-state index in [1.54, 1.807) is 12.5 Å². The molecule has 1 aromatic heterocycles. The largest absolute Gasteiger partial charge is 0.460 e. The SMILES string of the molecule is CC(CN(C)C)OC(=O)[C@H](N)Cc1cnc[nH]1. The Hall–Kier alpha value is -1.40. The van der Waals surface area contributed by atoms with Crippen LogP contribution in [0.3, 0.4) is 0 Å². The second kappa shape index (κ2) is 6.36. The highest BCUT2D eigenvalue weighted by molar-refractivity contribution is 5.75. The molecule has 96 valence electrons.